The normalized spacial score (nSPS) is 14.3. The number of carbonyl (C=O) groups is 1. The summed E-state index contributed by atoms with van der Waals surface area (Å²) in [5.74, 6) is -0.542. The maximum absolute atomic E-state index is 13.1. The number of nitrogens with two attached hydrogens (primary N) is 1. The van der Waals surface area contributed by atoms with Gasteiger partial charge < -0.3 is 10.6 Å². The van der Waals surface area contributed by atoms with Crippen LogP contribution in [0.1, 0.15) is 22.9 Å². The second-order valence-electron chi connectivity index (χ2n) is 6.80. The summed E-state index contributed by atoms with van der Waals surface area (Å²) in [4.78, 5) is 19.8. The van der Waals surface area contributed by atoms with Crippen molar-refractivity contribution < 1.29 is 9.18 Å². The number of aromatic nitrogens is 3. The van der Waals surface area contributed by atoms with E-state index >= 15 is 0 Å². The lowest BCUT2D eigenvalue weighted by atomic mass is 10.1. The van der Waals surface area contributed by atoms with Crippen molar-refractivity contribution >= 4 is 39.4 Å². The highest BCUT2D eigenvalue weighted by molar-refractivity contribution is 7.97. The van der Waals surface area contributed by atoms with Crippen molar-refractivity contribution in [3.63, 3.8) is 0 Å². The van der Waals surface area contributed by atoms with Gasteiger partial charge in [0.2, 0.25) is 5.91 Å². The SMILES string of the molecule is NC(C(=O)N1Cc2cn(Sc3ccc4ncsc4c3)nc2C1)c1ccc(F)cc1. The zero-order chi connectivity index (χ0) is 20.0. The number of hydrogen-bond acceptors (Lipinski definition) is 6. The Hall–Kier alpha value is -2.75. The lowest BCUT2D eigenvalue weighted by molar-refractivity contribution is -0.133. The molecule has 0 saturated heterocycles. The standard InChI is InChI=1S/C20H16FN5OS2/c21-14-3-1-12(2-4-14)19(22)20(27)25-8-13-9-26(24-17(13)10-25)29-15-5-6-16-18(7-15)28-11-23-16/h1-7,9,11,19H,8,10,22H2. The first-order valence-corrected chi connectivity index (χ1v) is 10.6. The average Bonchev–Trinajstić information content (AvgIpc) is 3.41. The molecule has 9 heteroatoms. The van der Waals surface area contributed by atoms with Gasteiger partial charge in [-0.3, -0.25) is 4.79 Å². The van der Waals surface area contributed by atoms with Gasteiger partial charge in [-0.15, -0.1) is 11.3 Å². The number of amides is 1. The van der Waals surface area contributed by atoms with Gasteiger partial charge in [-0.2, -0.15) is 5.10 Å². The molecular formula is C20H16FN5OS2. The number of halogens is 1. The number of nitrogens with zero attached hydrogens (tertiary/aromatic N) is 4. The summed E-state index contributed by atoms with van der Waals surface area (Å²) in [6, 6.07) is 11.0. The number of hydrogen-bond donors (Lipinski definition) is 1. The zero-order valence-electron chi connectivity index (χ0n) is 15.2. The predicted molar refractivity (Wildman–Crippen MR) is 111 cm³/mol. The van der Waals surface area contributed by atoms with E-state index in [1.807, 2.05) is 27.9 Å². The highest BCUT2D eigenvalue weighted by atomic mass is 32.2. The van der Waals surface area contributed by atoms with Crippen molar-refractivity contribution in [3.8, 4) is 0 Å². The molecule has 4 aromatic rings. The summed E-state index contributed by atoms with van der Waals surface area (Å²) < 4.78 is 16.1. The number of carbonyl (C=O) groups excluding carboxylic acids is 1. The minimum atomic E-state index is -0.813. The van der Waals surface area contributed by atoms with Gasteiger partial charge in [-0.1, -0.05) is 12.1 Å². The van der Waals surface area contributed by atoms with Crippen LogP contribution >= 0.6 is 23.3 Å². The summed E-state index contributed by atoms with van der Waals surface area (Å²) in [6.07, 6.45) is 1.95. The summed E-state index contributed by atoms with van der Waals surface area (Å²) in [5, 5.41) is 4.61. The van der Waals surface area contributed by atoms with Crippen LogP contribution in [0.2, 0.25) is 0 Å². The summed E-state index contributed by atoms with van der Waals surface area (Å²) in [7, 11) is 0. The van der Waals surface area contributed by atoms with E-state index < -0.39 is 6.04 Å². The molecule has 0 radical (unpaired) electrons. The molecule has 0 bridgehead atoms. The molecular weight excluding hydrogens is 409 g/mol. The molecule has 6 nitrogen and oxygen atoms in total. The summed E-state index contributed by atoms with van der Waals surface area (Å²) in [6.45, 7) is 0.891. The molecule has 0 spiro atoms. The highest BCUT2D eigenvalue weighted by Gasteiger charge is 2.30. The van der Waals surface area contributed by atoms with Gasteiger partial charge in [0.15, 0.2) is 0 Å². The van der Waals surface area contributed by atoms with Gasteiger partial charge in [0.05, 0.1) is 28.0 Å². The van der Waals surface area contributed by atoms with Gasteiger partial charge in [-0.25, -0.2) is 13.5 Å². The van der Waals surface area contributed by atoms with Crippen LogP contribution in [0.3, 0.4) is 0 Å². The van der Waals surface area contributed by atoms with Gasteiger partial charge in [-0.05, 0) is 35.9 Å². The van der Waals surface area contributed by atoms with E-state index in [1.54, 1.807) is 28.4 Å². The largest absolute Gasteiger partial charge is 0.331 e. The molecule has 2 N–H and O–H groups in total. The smallest absolute Gasteiger partial charge is 0.244 e. The molecule has 146 valence electrons. The van der Waals surface area contributed by atoms with Crippen LogP contribution in [0.5, 0.6) is 0 Å². The van der Waals surface area contributed by atoms with Crippen molar-refractivity contribution in [1.29, 1.82) is 0 Å². The molecule has 0 fully saturated rings. The maximum atomic E-state index is 13.1. The molecule has 1 aliphatic heterocycles. The molecule has 1 unspecified atom stereocenters. The molecule has 29 heavy (non-hydrogen) atoms. The van der Waals surface area contributed by atoms with E-state index in [0.29, 0.717) is 18.7 Å². The second-order valence-corrected chi connectivity index (χ2v) is 8.71. The van der Waals surface area contributed by atoms with E-state index in [9.17, 15) is 9.18 Å². The van der Waals surface area contributed by atoms with Gasteiger partial charge in [0.1, 0.15) is 11.9 Å². The van der Waals surface area contributed by atoms with Gasteiger partial charge in [0.25, 0.3) is 0 Å². The van der Waals surface area contributed by atoms with Crippen LogP contribution in [0.15, 0.2) is 59.1 Å². The average molecular weight is 426 g/mol. The van der Waals surface area contributed by atoms with Gasteiger partial charge >= 0.3 is 0 Å². The topological polar surface area (TPSA) is 77.0 Å². The lowest BCUT2D eigenvalue weighted by Gasteiger charge is -2.20. The van der Waals surface area contributed by atoms with Crippen molar-refractivity contribution in [2.45, 2.75) is 24.0 Å². The van der Waals surface area contributed by atoms with E-state index in [4.69, 9.17) is 5.73 Å². The fraction of sp³-hybridized carbons (Fsp3) is 0.150. The molecule has 2 aromatic carbocycles. The van der Waals surface area contributed by atoms with E-state index in [1.165, 1.54) is 24.1 Å². The summed E-state index contributed by atoms with van der Waals surface area (Å²) in [5.41, 5.74) is 11.4. The Morgan fingerprint density at radius 3 is 2.83 bits per heavy atom. The van der Waals surface area contributed by atoms with E-state index in [2.05, 4.69) is 16.1 Å². The van der Waals surface area contributed by atoms with Crippen LogP contribution in [0, 0.1) is 5.82 Å². The number of rotatable bonds is 4. The van der Waals surface area contributed by atoms with Crippen LogP contribution in [-0.2, 0) is 17.9 Å². The third-order valence-electron chi connectivity index (χ3n) is 4.87. The number of thiazole rings is 1. The quantitative estimate of drug-likeness (QED) is 0.539. The van der Waals surface area contributed by atoms with E-state index in [0.717, 1.165) is 26.4 Å². The van der Waals surface area contributed by atoms with Crippen molar-refractivity contribution in [2.75, 3.05) is 0 Å². The molecule has 1 amide bonds. The summed E-state index contributed by atoms with van der Waals surface area (Å²) >= 11 is 3.14. The zero-order valence-corrected chi connectivity index (χ0v) is 16.8. The number of benzene rings is 2. The molecule has 5 rings (SSSR count). The van der Waals surface area contributed by atoms with Crippen molar-refractivity contribution in [3.05, 3.63) is 76.8 Å². The fourth-order valence-electron chi connectivity index (χ4n) is 3.34. The Labute approximate surface area is 174 Å². The molecule has 0 saturated carbocycles. The Balaban J connectivity index is 1.27. The minimum absolute atomic E-state index is 0.190. The first kappa shape index (κ1) is 18.3. The Kier molecular flexibility index (Phi) is 4.57. The fourth-order valence-corrected chi connectivity index (χ4v) is 4.97. The van der Waals surface area contributed by atoms with Crippen LogP contribution < -0.4 is 5.73 Å². The third kappa shape index (κ3) is 3.52. The van der Waals surface area contributed by atoms with Crippen LogP contribution in [0.25, 0.3) is 10.2 Å². The van der Waals surface area contributed by atoms with Crippen LogP contribution in [-0.4, -0.2) is 25.0 Å². The monoisotopic (exact) mass is 425 g/mol. The van der Waals surface area contributed by atoms with Crippen molar-refractivity contribution in [2.24, 2.45) is 5.73 Å². The first-order chi connectivity index (χ1) is 14.1. The molecule has 1 atom stereocenters. The van der Waals surface area contributed by atoms with Gasteiger partial charge in [0, 0.05) is 35.1 Å². The Morgan fingerprint density at radius 1 is 1.21 bits per heavy atom. The first-order valence-electron chi connectivity index (χ1n) is 8.96. The second kappa shape index (κ2) is 7.25. The van der Waals surface area contributed by atoms with E-state index in [-0.39, 0.29) is 11.7 Å². The van der Waals surface area contributed by atoms with Crippen LogP contribution in [0.4, 0.5) is 4.39 Å². The number of fused-ring (bicyclic) bond motifs is 2. The minimum Gasteiger partial charge on any atom is -0.331 e. The lowest BCUT2D eigenvalue weighted by Crippen LogP contribution is -2.35. The van der Waals surface area contributed by atoms with Crippen molar-refractivity contribution in [1.82, 2.24) is 19.1 Å². The molecule has 0 aliphatic carbocycles. The molecule has 2 aromatic heterocycles. The third-order valence-corrected chi connectivity index (χ3v) is 6.50. The Bertz CT molecular complexity index is 1180. The highest BCUT2D eigenvalue weighted by Crippen LogP contribution is 2.30. The predicted octanol–water partition coefficient (Wildman–Crippen LogP) is 3.73. The Morgan fingerprint density at radius 2 is 2.03 bits per heavy atom. The molecule has 1 aliphatic rings. The molecule has 3 heterocycles. The maximum Gasteiger partial charge on any atom is 0.244 e.